The number of aryl methyl sites for hydroxylation is 1. The Labute approximate surface area is 136 Å². The van der Waals surface area contributed by atoms with Gasteiger partial charge < -0.3 is 24.3 Å². The van der Waals surface area contributed by atoms with E-state index in [9.17, 15) is 4.79 Å². The highest BCUT2D eigenvalue weighted by atomic mass is 16.5. The van der Waals surface area contributed by atoms with E-state index in [4.69, 9.17) is 9.15 Å². The van der Waals surface area contributed by atoms with Crippen molar-refractivity contribution in [3.63, 3.8) is 0 Å². The van der Waals surface area contributed by atoms with E-state index in [0.29, 0.717) is 31.5 Å². The molecule has 0 unspecified atom stereocenters. The van der Waals surface area contributed by atoms with Crippen molar-refractivity contribution < 1.29 is 13.9 Å². The summed E-state index contributed by atoms with van der Waals surface area (Å²) in [6, 6.07) is -0.0993. The van der Waals surface area contributed by atoms with Crippen molar-refractivity contribution in [1.82, 2.24) is 25.3 Å². The Morgan fingerprint density at radius 3 is 2.83 bits per heavy atom. The Hall–Kier alpha value is -1.67. The van der Waals surface area contributed by atoms with Gasteiger partial charge in [-0.3, -0.25) is 0 Å². The lowest BCUT2D eigenvalue weighted by Crippen LogP contribution is -2.45. The van der Waals surface area contributed by atoms with E-state index >= 15 is 0 Å². The van der Waals surface area contributed by atoms with E-state index in [2.05, 4.69) is 20.4 Å². The van der Waals surface area contributed by atoms with Crippen LogP contribution in [0.3, 0.4) is 0 Å². The van der Waals surface area contributed by atoms with E-state index in [1.807, 2.05) is 4.90 Å². The lowest BCUT2D eigenvalue weighted by atomic mass is 10.3. The summed E-state index contributed by atoms with van der Waals surface area (Å²) in [5, 5.41) is 10.5. The Morgan fingerprint density at radius 1 is 1.26 bits per heavy atom. The first-order chi connectivity index (χ1) is 11.2. The predicted octanol–water partition coefficient (Wildman–Crippen LogP) is 0.774. The van der Waals surface area contributed by atoms with E-state index in [-0.39, 0.29) is 18.7 Å². The van der Waals surface area contributed by atoms with Crippen LogP contribution in [0.2, 0.25) is 0 Å². The van der Waals surface area contributed by atoms with Crippen LogP contribution in [0.15, 0.2) is 4.42 Å². The molecule has 2 aliphatic heterocycles. The summed E-state index contributed by atoms with van der Waals surface area (Å²) in [5.41, 5.74) is 0. The molecule has 8 heteroatoms. The highest BCUT2D eigenvalue weighted by Gasteiger charge is 2.25. The molecule has 8 nitrogen and oxygen atoms in total. The Bertz CT molecular complexity index is 515. The van der Waals surface area contributed by atoms with Gasteiger partial charge in [0, 0.05) is 33.2 Å². The Kier molecular flexibility index (Phi) is 5.45. The molecule has 2 fully saturated rings. The zero-order valence-corrected chi connectivity index (χ0v) is 13.7. The summed E-state index contributed by atoms with van der Waals surface area (Å²) in [6.07, 6.45) is 3.48. The van der Waals surface area contributed by atoms with E-state index < -0.39 is 0 Å². The van der Waals surface area contributed by atoms with E-state index in [1.54, 1.807) is 6.92 Å². The fourth-order valence-electron chi connectivity index (χ4n) is 3.12. The maximum absolute atomic E-state index is 12.4. The van der Waals surface area contributed by atoms with Gasteiger partial charge in [-0.2, -0.15) is 0 Å². The number of nitrogens with zero attached hydrogens (tertiary/aromatic N) is 4. The molecule has 1 atom stereocenters. The number of likely N-dealkylation sites (tertiary alicyclic amines) is 1. The molecule has 0 saturated carbocycles. The summed E-state index contributed by atoms with van der Waals surface area (Å²) < 4.78 is 11.2. The summed E-state index contributed by atoms with van der Waals surface area (Å²) in [7, 11) is 0. The SMILES string of the molecule is Cc1nnc(CNC(=O)N2CCCO[C@H](CN3CCCC3)C2)o1. The molecule has 2 aliphatic rings. The number of hydrogen-bond acceptors (Lipinski definition) is 6. The second-order valence-electron chi connectivity index (χ2n) is 6.17. The molecule has 0 bridgehead atoms. The molecular formula is C15H25N5O3. The molecule has 3 rings (SSSR count). The molecule has 23 heavy (non-hydrogen) atoms. The van der Waals surface area contributed by atoms with Crippen LogP contribution in [0.5, 0.6) is 0 Å². The third-order valence-corrected chi connectivity index (χ3v) is 4.26. The van der Waals surface area contributed by atoms with Crippen molar-refractivity contribution >= 4 is 6.03 Å². The molecular weight excluding hydrogens is 298 g/mol. The number of carbonyl (C=O) groups excluding carboxylic acids is 1. The van der Waals surface area contributed by atoms with E-state index in [0.717, 1.165) is 26.1 Å². The molecule has 128 valence electrons. The van der Waals surface area contributed by atoms with Gasteiger partial charge >= 0.3 is 6.03 Å². The highest BCUT2D eigenvalue weighted by molar-refractivity contribution is 5.74. The second-order valence-corrected chi connectivity index (χ2v) is 6.17. The van der Waals surface area contributed by atoms with Crippen LogP contribution in [0.1, 0.15) is 31.0 Å². The molecule has 1 aromatic heterocycles. The largest absolute Gasteiger partial charge is 0.424 e. The van der Waals surface area contributed by atoms with Gasteiger partial charge in [-0.05, 0) is 32.4 Å². The number of urea groups is 1. The average Bonchev–Trinajstić information content (AvgIpc) is 3.13. The molecule has 2 amide bonds. The van der Waals surface area contributed by atoms with Gasteiger partial charge in [0.25, 0.3) is 0 Å². The first-order valence-corrected chi connectivity index (χ1v) is 8.36. The number of carbonyl (C=O) groups is 1. The molecule has 0 aliphatic carbocycles. The molecule has 0 aromatic carbocycles. The number of hydrogen-bond donors (Lipinski definition) is 1. The third kappa shape index (κ3) is 4.65. The average molecular weight is 323 g/mol. The number of rotatable bonds is 4. The summed E-state index contributed by atoms with van der Waals surface area (Å²) in [6.45, 7) is 7.24. The van der Waals surface area contributed by atoms with Crippen molar-refractivity contribution in [2.45, 2.75) is 38.8 Å². The van der Waals surface area contributed by atoms with Crippen LogP contribution in [-0.2, 0) is 11.3 Å². The van der Waals surface area contributed by atoms with Gasteiger partial charge in [0.1, 0.15) is 0 Å². The van der Waals surface area contributed by atoms with Crippen molar-refractivity contribution in [3.05, 3.63) is 11.8 Å². The second kappa shape index (κ2) is 7.74. The minimum atomic E-state index is -0.0993. The van der Waals surface area contributed by atoms with Crippen LogP contribution < -0.4 is 5.32 Å². The van der Waals surface area contributed by atoms with Gasteiger partial charge in [0.2, 0.25) is 11.8 Å². The van der Waals surface area contributed by atoms with Crippen molar-refractivity contribution in [3.8, 4) is 0 Å². The van der Waals surface area contributed by atoms with Crippen LogP contribution in [0.25, 0.3) is 0 Å². The maximum Gasteiger partial charge on any atom is 0.317 e. The predicted molar refractivity (Wildman–Crippen MR) is 82.9 cm³/mol. The quantitative estimate of drug-likeness (QED) is 0.881. The van der Waals surface area contributed by atoms with Gasteiger partial charge in [0.05, 0.1) is 12.6 Å². The zero-order valence-electron chi connectivity index (χ0n) is 13.7. The minimum Gasteiger partial charge on any atom is -0.424 e. The first-order valence-electron chi connectivity index (χ1n) is 8.36. The monoisotopic (exact) mass is 323 g/mol. The topological polar surface area (TPSA) is 83.7 Å². The van der Waals surface area contributed by atoms with Crippen LogP contribution in [-0.4, -0.2) is 71.5 Å². The van der Waals surface area contributed by atoms with Crippen molar-refractivity contribution in [1.29, 1.82) is 0 Å². The molecule has 1 aromatic rings. The molecule has 1 N–H and O–H groups in total. The summed E-state index contributed by atoms with van der Waals surface area (Å²) >= 11 is 0. The number of aromatic nitrogens is 2. The number of amides is 2. The van der Waals surface area contributed by atoms with Crippen LogP contribution in [0, 0.1) is 6.92 Å². The number of ether oxygens (including phenoxy) is 1. The molecule has 0 radical (unpaired) electrons. The third-order valence-electron chi connectivity index (χ3n) is 4.26. The smallest absolute Gasteiger partial charge is 0.317 e. The van der Waals surface area contributed by atoms with E-state index in [1.165, 1.54) is 12.8 Å². The lowest BCUT2D eigenvalue weighted by Gasteiger charge is -2.27. The van der Waals surface area contributed by atoms with Crippen LogP contribution in [0.4, 0.5) is 4.79 Å². The highest BCUT2D eigenvalue weighted by Crippen LogP contribution is 2.12. The van der Waals surface area contributed by atoms with Gasteiger partial charge in [-0.25, -0.2) is 4.79 Å². The molecule has 0 spiro atoms. The zero-order chi connectivity index (χ0) is 16.1. The van der Waals surface area contributed by atoms with Gasteiger partial charge in [-0.15, -0.1) is 10.2 Å². The Morgan fingerprint density at radius 2 is 2.09 bits per heavy atom. The standard InChI is InChI=1S/C15H25N5O3/c1-12-17-18-14(23-12)9-16-15(21)20-7-4-8-22-13(11-20)10-19-5-2-3-6-19/h13H,2-11H2,1H3,(H,16,21)/t13-/m1/s1. The molecule has 2 saturated heterocycles. The molecule has 3 heterocycles. The number of nitrogens with one attached hydrogen (secondary N) is 1. The first kappa shape index (κ1) is 16.2. The normalized spacial score (nSPS) is 23.0. The fraction of sp³-hybridized carbons (Fsp3) is 0.800. The summed E-state index contributed by atoms with van der Waals surface area (Å²) in [5.74, 6) is 0.929. The van der Waals surface area contributed by atoms with Gasteiger partial charge in [-0.1, -0.05) is 0 Å². The minimum absolute atomic E-state index is 0.0898. The summed E-state index contributed by atoms with van der Waals surface area (Å²) in [4.78, 5) is 16.6. The Balaban J connectivity index is 1.49. The van der Waals surface area contributed by atoms with Crippen molar-refractivity contribution in [2.24, 2.45) is 0 Å². The lowest BCUT2D eigenvalue weighted by molar-refractivity contribution is 0.0349. The van der Waals surface area contributed by atoms with Crippen molar-refractivity contribution in [2.75, 3.05) is 39.3 Å². The van der Waals surface area contributed by atoms with Crippen LogP contribution >= 0.6 is 0 Å². The fourth-order valence-corrected chi connectivity index (χ4v) is 3.12. The van der Waals surface area contributed by atoms with Gasteiger partial charge in [0.15, 0.2) is 0 Å². The maximum atomic E-state index is 12.4.